The molecule has 0 bridgehead atoms. The van der Waals surface area contributed by atoms with Crippen molar-refractivity contribution in [3.05, 3.63) is 76.1 Å². The molecule has 1 aliphatic heterocycles. The van der Waals surface area contributed by atoms with Crippen molar-refractivity contribution in [3.63, 3.8) is 0 Å². The van der Waals surface area contributed by atoms with Crippen molar-refractivity contribution in [3.8, 4) is 6.07 Å². The van der Waals surface area contributed by atoms with Crippen LogP contribution in [0.1, 0.15) is 27.7 Å². The van der Waals surface area contributed by atoms with E-state index in [1.54, 1.807) is 0 Å². The maximum atomic E-state index is 13.4. The van der Waals surface area contributed by atoms with E-state index in [0.717, 1.165) is 22.2 Å². The third-order valence-corrected chi connectivity index (χ3v) is 6.17. The number of imidazole rings is 1. The van der Waals surface area contributed by atoms with Gasteiger partial charge in [-0.2, -0.15) is 5.26 Å². The minimum absolute atomic E-state index is 0.113. The van der Waals surface area contributed by atoms with Crippen molar-refractivity contribution >= 4 is 28.6 Å². The number of para-hydroxylation sites is 2. The van der Waals surface area contributed by atoms with Gasteiger partial charge < -0.3 is 10.3 Å². The average molecular weight is 374 g/mol. The number of hydrogen-bond donors (Lipinski definition) is 1. The van der Waals surface area contributed by atoms with Crippen molar-refractivity contribution in [2.24, 2.45) is 12.8 Å². The van der Waals surface area contributed by atoms with Crippen LogP contribution >= 0.6 is 11.8 Å². The fourth-order valence-electron chi connectivity index (χ4n) is 3.51. The largest absolute Gasteiger partial charge is 0.393 e. The highest BCUT2D eigenvalue weighted by Gasteiger charge is 2.42. The molecule has 0 spiro atoms. The number of nitriles is 1. The van der Waals surface area contributed by atoms with Gasteiger partial charge in [-0.15, -0.1) is 0 Å². The van der Waals surface area contributed by atoms with Crippen LogP contribution in [-0.4, -0.2) is 20.6 Å². The number of fused-ring (bicyclic) bond motifs is 1. The Labute approximate surface area is 161 Å². The fraction of sp³-hybridized carbons (Fsp3) is 0.190. The molecule has 2 N–H and O–H groups in total. The number of ketones is 1. The Hall–Kier alpha value is -3.04. The van der Waals surface area contributed by atoms with E-state index >= 15 is 0 Å². The molecular formula is C21H18N4OS. The number of allylic oxidation sites excluding steroid dienone is 1. The average Bonchev–Trinajstić information content (AvgIpc) is 3.19. The molecule has 0 amide bonds. The van der Waals surface area contributed by atoms with Gasteiger partial charge in [-0.25, -0.2) is 4.98 Å². The van der Waals surface area contributed by atoms with Crippen LogP contribution in [-0.2, 0) is 7.05 Å². The molecular weight excluding hydrogens is 356 g/mol. The first-order valence-corrected chi connectivity index (χ1v) is 9.48. The molecule has 3 aromatic rings. The van der Waals surface area contributed by atoms with E-state index in [1.807, 2.05) is 67.1 Å². The van der Waals surface area contributed by atoms with Crippen LogP contribution in [0.2, 0.25) is 0 Å². The molecule has 1 aromatic heterocycles. The summed E-state index contributed by atoms with van der Waals surface area (Å²) in [6, 6.07) is 17.8. The molecule has 2 aromatic carbocycles. The number of Topliss-reactive ketones (excluding diaryl/α,β-unsaturated/α-hetero) is 1. The first-order valence-electron chi connectivity index (χ1n) is 8.60. The van der Waals surface area contributed by atoms with E-state index in [-0.39, 0.29) is 11.7 Å². The highest BCUT2D eigenvalue weighted by molar-refractivity contribution is 8.04. The predicted molar refractivity (Wildman–Crippen MR) is 107 cm³/mol. The van der Waals surface area contributed by atoms with Crippen LogP contribution in [0.4, 0.5) is 0 Å². The monoisotopic (exact) mass is 374 g/mol. The molecule has 0 saturated carbocycles. The molecule has 5 nitrogen and oxygen atoms in total. The van der Waals surface area contributed by atoms with Gasteiger partial charge in [-0.1, -0.05) is 53.7 Å². The quantitative estimate of drug-likeness (QED) is 0.707. The number of thioether (sulfide) groups is 1. The van der Waals surface area contributed by atoms with Crippen LogP contribution in [0, 0.1) is 18.3 Å². The Morgan fingerprint density at radius 1 is 1.22 bits per heavy atom. The normalized spacial score (nSPS) is 19.4. The van der Waals surface area contributed by atoms with Crippen molar-refractivity contribution in [1.82, 2.24) is 9.55 Å². The molecule has 134 valence electrons. The second-order valence-electron chi connectivity index (χ2n) is 6.66. The molecule has 0 aliphatic carbocycles. The Bertz CT molecular complexity index is 1120. The first-order chi connectivity index (χ1) is 13.0. The molecule has 6 heteroatoms. The molecule has 27 heavy (non-hydrogen) atoms. The Kier molecular flexibility index (Phi) is 4.25. The van der Waals surface area contributed by atoms with E-state index in [4.69, 9.17) is 5.73 Å². The van der Waals surface area contributed by atoms with Gasteiger partial charge in [0.15, 0.2) is 5.82 Å². The summed E-state index contributed by atoms with van der Waals surface area (Å²) in [7, 11) is 1.84. The molecule has 2 heterocycles. The third-order valence-electron chi connectivity index (χ3n) is 4.96. The zero-order chi connectivity index (χ0) is 19.1. The maximum absolute atomic E-state index is 13.4. The molecule has 4 rings (SSSR count). The van der Waals surface area contributed by atoms with E-state index in [0.29, 0.717) is 16.4 Å². The van der Waals surface area contributed by atoms with Gasteiger partial charge in [0, 0.05) is 13.0 Å². The summed E-state index contributed by atoms with van der Waals surface area (Å²) in [6.45, 7) is 2.00. The molecule has 0 fully saturated rings. The summed E-state index contributed by atoms with van der Waals surface area (Å²) in [5.41, 5.74) is 10.3. The zero-order valence-corrected chi connectivity index (χ0v) is 15.8. The van der Waals surface area contributed by atoms with E-state index in [1.165, 1.54) is 11.8 Å². The minimum atomic E-state index is -0.502. The van der Waals surface area contributed by atoms with E-state index in [2.05, 4.69) is 11.1 Å². The SMILES string of the molecule is Cc1ccc([C@H]2C(C#N)=C(N)S[C@@H]2C(=O)c2nc3ccccc3n2C)cc1. The summed E-state index contributed by atoms with van der Waals surface area (Å²) >= 11 is 1.26. The molecule has 2 atom stereocenters. The van der Waals surface area contributed by atoms with Crippen LogP contribution in [0.25, 0.3) is 11.0 Å². The lowest BCUT2D eigenvalue weighted by atomic mass is 9.87. The lowest BCUT2D eigenvalue weighted by molar-refractivity contribution is 0.0973. The minimum Gasteiger partial charge on any atom is -0.393 e. The van der Waals surface area contributed by atoms with Gasteiger partial charge in [-0.05, 0) is 24.6 Å². The smallest absolute Gasteiger partial charge is 0.212 e. The number of aryl methyl sites for hydroxylation is 2. The molecule has 0 unspecified atom stereocenters. The standard InChI is InChI=1S/C21H18N4OS/c1-12-7-9-13(10-8-12)17-14(11-22)20(23)27-19(17)18(26)21-24-15-5-3-4-6-16(15)25(21)2/h3-10,17,19H,23H2,1-2H3/t17-,19-/m0/s1. The molecule has 0 saturated heterocycles. The Morgan fingerprint density at radius 2 is 1.93 bits per heavy atom. The second-order valence-corrected chi connectivity index (χ2v) is 7.85. The zero-order valence-electron chi connectivity index (χ0n) is 15.0. The van der Waals surface area contributed by atoms with Crippen molar-refractivity contribution in [1.29, 1.82) is 5.26 Å². The highest BCUT2D eigenvalue weighted by Crippen LogP contribution is 2.46. The number of aromatic nitrogens is 2. The van der Waals surface area contributed by atoms with Crippen molar-refractivity contribution < 1.29 is 4.79 Å². The van der Waals surface area contributed by atoms with Crippen molar-refractivity contribution in [2.45, 2.75) is 18.1 Å². The number of rotatable bonds is 3. The van der Waals surface area contributed by atoms with E-state index < -0.39 is 5.25 Å². The number of carbonyl (C=O) groups is 1. The number of benzene rings is 2. The molecule has 0 radical (unpaired) electrons. The van der Waals surface area contributed by atoms with Gasteiger partial charge in [0.25, 0.3) is 0 Å². The van der Waals surface area contributed by atoms with E-state index in [9.17, 15) is 10.1 Å². The number of carbonyl (C=O) groups excluding carboxylic acids is 1. The summed E-state index contributed by atoms with van der Waals surface area (Å²) < 4.78 is 1.81. The number of nitrogens with zero attached hydrogens (tertiary/aromatic N) is 3. The summed E-state index contributed by atoms with van der Waals surface area (Å²) in [5, 5.41) is 9.54. The topological polar surface area (TPSA) is 84.7 Å². The predicted octanol–water partition coefficient (Wildman–Crippen LogP) is 3.66. The third kappa shape index (κ3) is 2.81. The maximum Gasteiger partial charge on any atom is 0.212 e. The van der Waals surface area contributed by atoms with Crippen LogP contribution < -0.4 is 5.73 Å². The Morgan fingerprint density at radius 3 is 2.59 bits per heavy atom. The lowest BCUT2D eigenvalue weighted by Gasteiger charge is -2.19. The summed E-state index contributed by atoms with van der Waals surface area (Å²) in [4.78, 5) is 17.9. The highest BCUT2D eigenvalue weighted by atomic mass is 32.2. The van der Waals surface area contributed by atoms with Gasteiger partial charge in [-0.3, -0.25) is 4.79 Å². The van der Waals surface area contributed by atoms with Crippen LogP contribution in [0.5, 0.6) is 0 Å². The summed E-state index contributed by atoms with van der Waals surface area (Å²) in [6.07, 6.45) is 0. The van der Waals surface area contributed by atoms with Crippen LogP contribution in [0.15, 0.2) is 59.1 Å². The van der Waals surface area contributed by atoms with Crippen molar-refractivity contribution in [2.75, 3.05) is 0 Å². The van der Waals surface area contributed by atoms with Crippen LogP contribution in [0.3, 0.4) is 0 Å². The number of hydrogen-bond acceptors (Lipinski definition) is 5. The second kappa shape index (κ2) is 6.60. The van der Waals surface area contributed by atoms with Gasteiger partial charge in [0.05, 0.1) is 33.0 Å². The number of nitrogens with two attached hydrogens (primary N) is 1. The first kappa shape index (κ1) is 17.4. The van der Waals surface area contributed by atoms with Gasteiger partial charge in [0.2, 0.25) is 5.78 Å². The molecule has 1 aliphatic rings. The Balaban J connectivity index is 1.79. The van der Waals surface area contributed by atoms with Gasteiger partial charge in [0.1, 0.15) is 0 Å². The lowest BCUT2D eigenvalue weighted by Crippen LogP contribution is -2.25. The van der Waals surface area contributed by atoms with Gasteiger partial charge >= 0.3 is 0 Å². The summed E-state index contributed by atoms with van der Waals surface area (Å²) in [5.74, 6) is -0.0943. The fourth-order valence-corrected chi connectivity index (χ4v) is 4.73.